The van der Waals surface area contributed by atoms with Crippen LogP contribution in [0.5, 0.6) is 5.75 Å². The van der Waals surface area contributed by atoms with Crippen molar-refractivity contribution >= 4 is 0 Å². The molecule has 0 saturated carbocycles. The topological polar surface area (TPSA) is 35.2 Å². The van der Waals surface area contributed by atoms with Gasteiger partial charge in [0.2, 0.25) is 0 Å². The molecule has 0 spiro atoms. The highest BCUT2D eigenvalue weighted by Crippen LogP contribution is 2.20. The first-order chi connectivity index (χ1) is 7.27. The van der Waals surface area contributed by atoms with Crippen LogP contribution in [0.2, 0.25) is 0 Å². The zero-order valence-electron chi connectivity index (χ0n) is 8.51. The highest BCUT2D eigenvalue weighted by Gasteiger charge is 2.04. The Hall–Kier alpha value is -1.16. The lowest BCUT2D eigenvalue weighted by molar-refractivity contribution is 0.287. The average molecular weight is 215 g/mol. The van der Waals surface area contributed by atoms with Crippen molar-refractivity contribution in [2.75, 3.05) is 19.8 Å². The van der Waals surface area contributed by atoms with Crippen LogP contribution in [-0.2, 0) is 6.42 Å². The predicted molar refractivity (Wildman–Crippen MR) is 55.2 cm³/mol. The van der Waals surface area contributed by atoms with E-state index >= 15 is 0 Å². The predicted octanol–water partition coefficient (Wildman–Crippen LogP) is 2.07. The van der Waals surface area contributed by atoms with E-state index in [4.69, 9.17) is 10.5 Å². The number of alkyl halides is 1. The molecule has 0 atom stereocenters. The van der Waals surface area contributed by atoms with Crippen LogP contribution >= 0.6 is 0 Å². The lowest BCUT2D eigenvalue weighted by Gasteiger charge is -2.10. The maximum atomic E-state index is 12.9. The van der Waals surface area contributed by atoms with Crippen molar-refractivity contribution in [2.24, 2.45) is 5.73 Å². The molecular weight excluding hydrogens is 200 g/mol. The summed E-state index contributed by atoms with van der Waals surface area (Å²) in [5.74, 6) is 0.284. The normalized spacial score (nSPS) is 10.3. The zero-order valence-corrected chi connectivity index (χ0v) is 8.51. The summed E-state index contributed by atoms with van der Waals surface area (Å²) in [4.78, 5) is 0. The van der Waals surface area contributed by atoms with Gasteiger partial charge in [-0.3, -0.25) is 4.39 Å². The molecule has 0 unspecified atom stereocenters. The minimum absolute atomic E-state index is 0.305. The minimum atomic E-state index is -0.409. The lowest BCUT2D eigenvalue weighted by Crippen LogP contribution is -2.06. The first-order valence-electron chi connectivity index (χ1n) is 4.95. The van der Waals surface area contributed by atoms with Gasteiger partial charge >= 0.3 is 0 Å². The summed E-state index contributed by atoms with van der Waals surface area (Å²) in [5.41, 5.74) is 6.13. The molecular formula is C11H15F2NO. The fourth-order valence-corrected chi connectivity index (χ4v) is 1.28. The second kappa shape index (κ2) is 6.35. The van der Waals surface area contributed by atoms with Crippen molar-refractivity contribution in [2.45, 2.75) is 12.8 Å². The first-order valence-corrected chi connectivity index (χ1v) is 4.95. The van der Waals surface area contributed by atoms with Gasteiger partial charge in [-0.1, -0.05) is 0 Å². The maximum Gasteiger partial charge on any atom is 0.123 e. The Morgan fingerprint density at radius 2 is 2.13 bits per heavy atom. The van der Waals surface area contributed by atoms with Crippen LogP contribution in [0, 0.1) is 5.82 Å². The molecule has 0 aliphatic heterocycles. The van der Waals surface area contributed by atoms with Crippen molar-refractivity contribution in [3.63, 3.8) is 0 Å². The Bertz CT molecular complexity index is 305. The molecule has 0 amide bonds. The molecule has 1 rings (SSSR count). The number of hydrogen-bond donors (Lipinski definition) is 1. The summed E-state index contributed by atoms with van der Waals surface area (Å²) in [5, 5.41) is 0. The molecule has 4 heteroatoms. The van der Waals surface area contributed by atoms with Crippen LogP contribution in [0.3, 0.4) is 0 Å². The molecule has 0 aliphatic carbocycles. The van der Waals surface area contributed by atoms with Gasteiger partial charge in [0, 0.05) is 6.42 Å². The molecule has 15 heavy (non-hydrogen) atoms. The number of nitrogens with two attached hydrogens (primary N) is 1. The number of hydrogen-bond acceptors (Lipinski definition) is 2. The van der Waals surface area contributed by atoms with Crippen LogP contribution in [0.4, 0.5) is 8.78 Å². The SMILES string of the molecule is NCCc1cc(F)ccc1OCCCF. The molecule has 2 N–H and O–H groups in total. The van der Waals surface area contributed by atoms with Gasteiger partial charge in [-0.2, -0.15) is 0 Å². The molecule has 0 bridgehead atoms. The minimum Gasteiger partial charge on any atom is -0.493 e. The molecule has 1 aromatic rings. The van der Waals surface area contributed by atoms with Crippen LogP contribution in [0.25, 0.3) is 0 Å². The Morgan fingerprint density at radius 1 is 1.33 bits per heavy atom. The summed E-state index contributed by atoms with van der Waals surface area (Å²) in [6.45, 7) is 0.329. The Morgan fingerprint density at radius 3 is 2.80 bits per heavy atom. The Labute approximate surface area is 88.0 Å². The van der Waals surface area contributed by atoms with Gasteiger partial charge in [0.1, 0.15) is 11.6 Å². The molecule has 2 nitrogen and oxygen atoms in total. The second-order valence-corrected chi connectivity index (χ2v) is 3.18. The van der Waals surface area contributed by atoms with E-state index in [2.05, 4.69) is 0 Å². The van der Waals surface area contributed by atoms with E-state index in [1.165, 1.54) is 12.1 Å². The van der Waals surface area contributed by atoms with Crippen LogP contribution in [0.15, 0.2) is 18.2 Å². The second-order valence-electron chi connectivity index (χ2n) is 3.18. The van der Waals surface area contributed by atoms with Crippen molar-refractivity contribution in [1.82, 2.24) is 0 Å². The fraction of sp³-hybridized carbons (Fsp3) is 0.455. The van der Waals surface area contributed by atoms with E-state index in [9.17, 15) is 8.78 Å². The zero-order chi connectivity index (χ0) is 11.1. The summed E-state index contributed by atoms with van der Waals surface area (Å²) in [6, 6.07) is 4.28. The van der Waals surface area contributed by atoms with Gasteiger partial charge in [0.05, 0.1) is 13.3 Å². The number of ether oxygens (including phenoxy) is 1. The van der Waals surface area contributed by atoms with Crippen LogP contribution in [-0.4, -0.2) is 19.8 Å². The first kappa shape index (κ1) is 11.9. The van der Waals surface area contributed by atoms with Crippen molar-refractivity contribution < 1.29 is 13.5 Å². The van der Waals surface area contributed by atoms with Gasteiger partial charge in [-0.05, 0) is 36.7 Å². The summed E-state index contributed by atoms with van der Waals surface area (Å²) in [6.07, 6.45) is 0.905. The molecule has 0 aromatic heterocycles. The third kappa shape index (κ3) is 3.83. The summed E-state index contributed by atoms with van der Waals surface area (Å²) < 4.78 is 30.1. The van der Waals surface area contributed by atoms with Gasteiger partial charge in [0.25, 0.3) is 0 Å². The molecule has 0 fully saturated rings. The van der Waals surface area contributed by atoms with Crippen LogP contribution < -0.4 is 10.5 Å². The number of halogens is 2. The number of rotatable bonds is 6. The molecule has 0 radical (unpaired) electrons. The van der Waals surface area contributed by atoms with Gasteiger partial charge in [-0.15, -0.1) is 0 Å². The Balaban J connectivity index is 2.67. The maximum absolute atomic E-state index is 12.9. The lowest BCUT2D eigenvalue weighted by atomic mass is 10.1. The molecule has 84 valence electrons. The standard InChI is InChI=1S/C11H15F2NO/c12-5-1-7-15-11-3-2-10(13)8-9(11)4-6-14/h2-3,8H,1,4-7,14H2. The van der Waals surface area contributed by atoms with Gasteiger partial charge in [0.15, 0.2) is 0 Å². The highest BCUT2D eigenvalue weighted by atomic mass is 19.1. The van der Waals surface area contributed by atoms with E-state index < -0.39 is 6.67 Å². The quantitative estimate of drug-likeness (QED) is 0.737. The monoisotopic (exact) mass is 215 g/mol. The summed E-state index contributed by atoms with van der Waals surface area (Å²) >= 11 is 0. The van der Waals surface area contributed by atoms with Gasteiger partial charge < -0.3 is 10.5 Å². The van der Waals surface area contributed by atoms with E-state index in [0.717, 1.165) is 5.56 Å². The third-order valence-electron chi connectivity index (χ3n) is 1.97. The molecule has 0 saturated heterocycles. The largest absolute Gasteiger partial charge is 0.493 e. The van der Waals surface area contributed by atoms with Crippen molar-refractivity contribution in [3.05, 3.63) is 29.6 Å². The van der Waals surface area contributed by atoms with Crippen molar-refractivity contribution in [1.29, 1.82) is 0 Å². The third-order valence-corrected chi connectivity index (χ3v) is 1.97. The van der Waals surface area contributed by atoms with Gasteiger partial charge in [-0.25, -0.2) is 4.39 Å². The molecule has 1 aromatic carbocycles. The van der Waals surface area contributed by atoms with E-state index in [0.29, 0.717) is 31.7 Å². The molecule has 0 heterocycles. The summed E-state index contributed by atoms with van der Waals surface area (Å²) in [7, 11) is 0. The van der Waals surface area contributed by atoms with E-state index in [1.54, 1.807) is 6.07 Å². The smallest absolute Gasteiger partial charge is 0.123 e. The Kier molecular flexibility index (Phi) is 5.04. The van der Waals surface area contributed by atoms with E-state index in [1.807, 2.05) is 0 Å². The molecule has 0 aliphatic rings. The fourth-order valence-electron chi connectivity index (χ4n) is 1.28. The average Bonchev–Trinajstić information content (AvgIpc) is 2.22. The van der Waals surface area contributed by atoms with Crippen LogP contribution in [0.1, 0.15) is 12.0 Å². The highest BCUT2D eigenvalue weighted by molar-refractivity contribution is 5.34. The van der Waals surface area contributed by atoms with E-state index in [-0.39, 0.29) is 5.82 Å². The number of benzene rings is 1. The van der Waals surface area contributed by atoms with Crippen molar-refractivity contribution in [3.8, 4) is 5.75 Å².